The maximum Gasteiger partial charge on any atom is 0.0701 e. The van der Waals surface area contributed by atoms with Crippen LogP contribution in [0.2, 0.25) is 0 Å². The molecule has 0 bridgehead atoms. The highest BCUT2D eigenvalue weighted by molar-refractivity contribution is 9.11. The monoisotopic (exact) mass is 317 g/mol. The van der Waals surface area contributed by atoms with Crippen molar-refractivity contribution in [2.45, 2.75) is 44.8 Å². The largest absolute Gasteiger partial charge is 0.378 e. The van der Waals surface area contributed by atoms with Gasteiger partial charge in [0.25, 0.3) is 0 Å². The molecule has 0 aromatic carbocycles. The summed E-state index contributed by atoms with van der Waals surface area (Å²) in [7, 11) is 0. The van der Waals surface area contributed by atoms with E-state index >= 15 is 0 Å². The molecule has 2 rings (SSSR count). The number of hydrogen-bond donors (Lipinski definition) is 1. The molecule has 0 saturated carbocycles. The van der Waals surface area contributed by atoms with Gasteiger partial charge in [-0.15, -0.1) is 11.3 Å². The summed E-state index contributed by atoms with van der Waals surface area (Å²) in [5.41, 5.74) is 0. The molecular formula is C13H20BrNOS. The minimum atomic E-state index is 0.470. The molecule has 1 aromatic heterocycles. The molecule has 96 valence electrons. The van der Waals surface area contributed by atoms with Crippen molar-refractivity contribution >= 4 is 27.3 Å². The molecule has 0 amide bonds. The van der Waals surface area contributed by atoms with Crippen LogP contribution in [0.1, 0.15) is 31.1 Å². The van der Waals surface area contributed by atoms with E-state index in [1.54, 1.807) is 0 Å². The summed E-state index contributed by atoms with van der Waals surface area (Å²) < 4.78 is 6.91. The third-order valence-electron chi connectivity index (χ3n) is 3.26. The van der Waals surface area contributed by atoms with Crippen LogP contribution in [0.5, 0.6) is 0 Å². The zero-order valence-corrected chi connectivity index (χ0v) is 12.6. The first-order valence-corrected chi connectivity index (χ1v) is 7.98. The second kappa shape index (κ2) is 6.88. The van der Waals surface area contributed by atoms with Crippen LogP contribution in [-0.2, 0) is 11.2 Å². The van der Waals surface area contributed by atoms with E-state index in [4.69, 9.17) is 4.74 Å². The highest BCUT2D eigenvalue weighted by Crippen LogP contribution is 2.22. The van der Waals surface area contributed by atoms with E-state index in [2.05, 4.69) is 40.3 Å². The Balaban J connectivity index is 1.68. The lowest BCUT2D eigenvalue weighted by molar-refractivity contribution is 0.000123. The number of hydrogen-bond acceptors (Lipinski definition) is 3. The summed E-state index contributed by atoms with van der Waals surface area (Å²) in [4.78, 5) is 1.45. The van der Waals surface area contributed by atoms with Crippen molar-refractivity contribution in [2.75, 3.05) is 13.2 Å². The zero-order chi connectivity index (χ0) is 12.1. The number of ether oxygens (including phenoxy) is 1. The highest BCUT2D eigenvalue weighted by Gasteiger charge is 2.20. The molecule has 4 heteroatoms. The van der Waals surface area contributed by atoms with Gasteiger partial charge in [0.15, 0.2) is 0 Å². The first-order valence-electron chi connectivity index (χ1n) is 6.37. The van der Waals surface area contributed by atoms with Gasteiger partial charge < -0.3 is 10.1 Å². The van der Waals surface area contributed by atoms with Crippen LogP contribution < -0.4 is 5.32 Å². The number of halogens is 1. The lowest BCUT2D eigenvalue weighted by atomic mass is 10.0. The van der Waals surface area contributed by atoms with Crippen LogP contribution in [0.15, 0.2) is 15.9 Å². The van der Waals surface area contributed by atoms with Gasteiger partial charge in [-0.05, 0) is 53.7 Å². The van der Waals surface area contributed by atoms with Crippen molar-refractivity contribution < 1.29 is 4.74 Å². The standard InChI is InChI=1S/C13H20BrNOS/c1-2-11-9-10(6-8-16-11)15-7-5-12-3-4-13(14)17-12/h3-4,10-11,15H,2,5-9H2,1H3. The van der Waals surface area contributed by atoms with E-state index < -0.39 is 0 Å². The second-order valence-electron chi connectivity index (χ2n) is 4.53. The van der Waals surface area contributed by atoms with Gasteiger partial charge in [0, 0.05) is 24.1 Å². The molecule has 1 aliphatic heterocycles. The van der Waals surface area contributed by atoms with E-state index in [0.717, 1.165) is 32.4 Å². The molecule has 2 atom stereocenters. The lowest BCUT2D eigenvalue weighted by Gasteiger charge is -2.29. The Morgan fingerprint density at radius 2 is 2.41 bits per heavy atom. The van der Waals surface area contributed by atoms with Crippen LogP contribution in [-0.4, -0.2) is 25.3 Å². The van der Waals surface area contributed by atoms with Gasteiger partial charge >= 0.3 is 0 Å². The minimum absolute atomic E-state index is 0.470. The number of nitrogens with one attached hydrogen (secondary N) is 1. The normalized spacial score (nSPS) is 25.1. The number of thiophene rings is 1. The van der Waals surface area contributed by atoms with Crippen LogP contribution in [0.4, 0.5) is 0 Å². The molecule has 1 N–H and O–H groups in total. The van der Waals surface area contributed by atoms with Crippen LogP contribution in [0.25, 0.3) is 0 Å². The average molecular weight is 318 g/mol. The van der Waals surface area contributed by atoms with Crippen molar-refractivity contribution in [3.05, 3.63) is 20.8 Å². The summed E-state index contributed by atoms with van der Waals surface area (Å²) in [5, 5.41) is 3.65. The van der Waals surface area contributed by atoms with Gasteiger partial charge in [0.1, 0.15) is 0 Å². The molecular weight excluding hydrogens is 298 g/mol. The maximum atomic E-state index is 5.68. The molecule has 2 nitrogen and oxygen atoms in total. The topological polar surface area (TPSA) is 21.3 Å². The summed E-state index contributed by atoms with van der Waals surface area (Å²) in [6.07, 6.45) is 5.06. The predicted molar refractivity (Wildman–Crippen MR) is 76.8 cm³/mol. The van der Waals surface area contributed by atoms with Crippen LogP contribution in [0.3, 0.4) is 0 Å². The average Bonchev–Trinajstić information content (AvgIpc) is 2.75. The van der Waals surface area contributed by atoms with E-state index in [0.29, 0.717) is 12.1 Å². The van der Waals surface area contributed by atoms with Gasteiger partial charge in [0.05, 0.1) is 9.89 Å². The quantitative estimate of drug-likeness (QED) is 0.896. The summed E-state index contributed by atoms with van der Waals surface area (Å²) >= 11 is 5.33. The Labute approximate surface area is 116 Å². The van der Waals surface area contributed by atoms with Crippen molar-refractivity contribution in [3.63, 3.8) is 0 Å². The predicted octanol–water partition coefficient (Wildman–Crippen LogP) is 3.60. The van der Waals surface area contributed by atoms with E-state index in [1.807, 2.05) is 11.3 Å². The van der Waals surface area contributed by atoms with Gasteiger partial charge in [-0.2, -0.15) is 0 Å². The molecule has 1 aliphatic rings. The fourth-order valence-electron chi connectivity index (χ4n) is 2.24. The van der Waals surface area contributed by atoms with E-state index in [9.17, 15) is 0 Å². The molecule has 2 heterocycles. The Kier molecular flexibility index (Phi) is 5.48. The van der Waals surface area contributed by atoms with Crippen LogP contribution >= 0.6 is 27.3 Å². The molecule has 2 unspecified atom stereocenters. The Morgan fingerprint density at radius 1 is 1.53 bits per heavy atom. The van der Waals surface area contributed by atoms with E-state index in [1.165, 1.54) is 15.1 Å². The van der Waals surface area contributed by atoms with Crippen molar-refractivity contribution in [1.29, 1.82) is 0 Å². The van der Waals surface area contributed by atoms with Gasteiger partial charge in [-0.25, -0.2) is 0 Å². The molecule has 17 heavy (non-hydrogen) atoms. The molecule has 1 saturated heterocycles. The number of rotatable bonds is 5. The van der Waals surface area contributed by atoms with Gasteiger partial charge in [-0.3, -0.25) is 0 Å². The van der Waals surface area contributed by atoms with Crippen molar-refractivity contribution in [1.82, 2.24) is 5.32 Å². The van der Waals surface area contributed by atoms with Crippen LogP contribution in [0, 0.1) is 0 Å². The summed E-state index contributed by atoms with van der Waals surface area (Å²) in [6, 6.07) is 4.98. The molecule has 0 aliphatic carbocycles. The fraction of sp³-hybridized carbons (Fsp3) is 0.692. The lowest BCUT2D eigenvalue weighted by Crippen LogP contribution is -2.39. The first kappa shape index (κ1) is 13.5. The summed E-state index contributed by atoms with van der Waals surface area (Å²) in [5.74, 6) is 0. The second-order valence-corrected chi connectivity index (χ2v) is 7.08. The Morgan fingerprint density at radius 3 is 3.12 bits per heavy atom. The SMILES string of the molecule is CCC1CC(NCCc2ccc(Br)s2)CCO1. The van der Waals surface area contributed by atoms with Crippen molar-refractivity contribution in [2.24, 2.45) is 0 Å². The molecule has 0 spiro atoms. The third kappa shape index (κ3) is 4.36. The van der Waals surface area contributed by atoms with E-state index in [-0.39, 0.29) is 0 Å². The van der Waals surface area contributed by atoms with Crippen molar-refractivity contribution in [3.8, 4) is 0 Å². The molecule has 1 aromatic rings. The fourth-order valence-corrected chi connectivity index (χ4v) is 3.72. The maximum absolute atomic E-state index is 5.68. The highest BCUT2D eigenvalue weighted by atomic mass is 79.9. The summed E-state index contributed by atoms with van der Waals surface area (Å²) in [6.45, 7) is 4.20. The molecule has 0 radical (unpaired) electrons. The first-order chi connectivity index (χ1) is 8.28. The zero-order valence-electron chi connectivity index (χ0n) is 10.2. The minimum Gasteiger partial charge on any atom is -0.378 e. The molecule has 1 fully saturated rings. The Bertz CT molecular complexity index is 342. The van der Waals surface area contributed by atoms with Gasteiger partial charge in [-0.1, -0.05) is 6.92 Å². The Hall–Kier alpha value is 0.1000. The third-order valence-corrected chi connectivity index (χ3v) is 4.94. The smallest absolute Gasteiger partial charge is 0.0701 e. The van der Waals surface area contributed by atoms with Gasteiger partial charge in [0.2, 0.25) is 0 Å².